The lowest BCUT2D eigenvalue weighted by Crippen LogP contribution is -2.53. The van der Waals surface area contributed by atoms with Crippen molar-refractivity contribution in [2.75, 3.05) is 72.2 Å². The number of rotatable bonds is 6. The molecule has 4 rings (SSSR count). The fraction of sp³-hybridized carbons (Fsp3) is 0.636. The normalized spacial score (nSPS) is 22.9. The van der Waals surface area contributed by atoms with E-state index in [0.29, 0.717) is 58.1 Å². The maximum absolute atomic E-state index is 12.8. The number of benzene rings is 1. The molecule has 1 aromatic rings. The molecule has 2 amide bonds. The zero-order valence-electron chi connectivity index (χ0n) is 17.5. The first kappa shape index (κ1) is 21.1. The predicted molar refractivity (Wildman–Crippen MR) is 111 cm³/mol. The fourth-order valence-electron chi connectivity index (χ4n) is 4.05. The van der Waals surface area contributed by atoms with E-state index in [1.165, 1.54) is 0 Å². The average molecular weight is 418 g/mol. The molecule has 8 nitrogen and oxygen atoms in total. The van der Waals surface area contributed by atoms with E-state index in [1.807, 2.05) is 34.1 Å². The van der Waals surface area contributed by atoms with Crippen molar-refractivity contribution in [3.63, 3.8) is 0 Å². The largest absolute Gasteiger partial charge is 0.491 e. The van der Waals surface area contributed by atoms with E-state index in [2.05, 4.69) is 4.90 Å². The Labute approximate surface area is 177 Å². The third-order valence-corrected chi connectivity index (χ3v) is 5.94. The molecule has 30 heavy (non-hydrogen) atoms. The van der Waals surface area contributed by atoms with E-state index in [0.717, 1.165) is 38.3 Å². The van der Waals surface area contributed by atoms with Gasteiger partial charge in [-0.2, -0.15) is 0 Å². The Morgan fingerprint density at radius 3 is 2.30 bits per heavy atom. The summed E-state index contributed by atoms with van der Waals surface area (Å²) in [6.45, 7) is 7.06. The van der Waals surface area contributed by atoms with Crippen LogP contribution in [-0.2, 0) is 14.3 Å². The maximum Gasteiger partial charge on any atom is 0.253 e. The van der Waals surface area contributed by atoms with Gasteiger partial charge < -0.3 is 24.0 Å². The quantitative estimate of drug-likeness (QED) is 0.684. The summed E-state index contributed by atoms with van der Waals surface area (Å²) in [5.74, 6) is 0.887. The Morgan fingerprint density at radius 1 is 0.933 bits per heavy atom. The van der Waals surface area contributed by atoms with Gasteiger partial charge in [0.05, 0.1) is 25.9 Å². The highest BCUT2D eigenvalue weighted by atomic mass is 16.5. The second-order valence-electron chi connectivity index (χ2n) is 8.03. The summed E-state index contributed by atoms with van der Waals surface area (Å²) >= 11 is 0. The van der Waals surface area contributed by atoms with Gasteiger partial charge in [0.1, 0.15) is 12.4 Å². The van der Waals surface area contributed by atoms with Crippen molar-refractivity contribution in [2.24, 2.45) is 0 Å². The van der Waals surface area contributed by atoms with Crippen molar-refractivity contribution in [3.8, 4) is 5.75 Å². The summed E-state index contributed by atoms with van der Waals surface area (Å²) in [6, 6.07) is 7.29. The Kier molecular flexibility index (Phi) is 7.20. The minimum Gasteiger partial charge on any atom is -0.491 e. The van der Waals surface area contributed by atoms with Gasteiger partial charge in [-0.25, -0.2) is 0 Å². The van der Waals surface area contributed by atoms with Crippen LogP contribution in [0.2, 0.25) is 0 Å². The average Bonchev–Trinajstić information content (AvgIpc) is 3.32. The summed E-state index contributed by atoms with van der Waals surface area (Å²) in [5.41, 5.74) is 0.646. The maximum atomic E-state index is 12.8. The summed E-state index contributed by atoms with van der Waals surface area (Å²) in [4.78, 5) is 31.1. The van der Waals surface area contributed by atoms with Gasteiger partial charge in [-0.1, -0.05) is 0 Å². The number of morpholine rings is 1. The van der Waals surface area contributed by atoms with Crippen molar-refractivity contribution in [1.82, 2.24) is 14.7 Å². The summed E-state index contributed by atoms with van der Waals surface area (Å²) in [7, 11) is 0. The third kappa shape index (κ3) is 5.50. The van der Waals surface area contributed by atoms with E-state index in [4.69, 9.17) is 14.2 Å². The molecular formula is C22H31N3O5. The van der Waals surface area contributed by atoms with Gasteiger partial charge in [-0.05, 0) is 37.1 Å². The zero-order chi connectivity index (χ0) is 20.8. The van der Waals surface area contributed by atoms with Gasteiger partial charge in [-0.15, -0.1) is 0 Å². The molecular weight excluding hydrogens is 386 g/mol. The molecule has 3 heterocycles. The summed E-state index contributed by atoms with van der Waals surface area (Å²) in [6.07, 6.45) is 2.30. The topological polar surface area (TPSA) is 71.6 Å². The van der Waals surface area contributed by atoms with Crippen LogP contribution in [0.1, 0.15) is 23.2 Å². The van der Waals surface area contributed by atoms with Crippen LogP contribution in [0.25, 0.3) is 0 Å². The summed E-state index contributed by atoms with van der Waals surface area (Å²) < 4.78 is 16.7. The van der Waals surface area contributed by atoms with Crippen LogP contribution >= 0.6 is 0 Å². The van der Waals surface area contributed by atoms with Crippen LogP contribution < -0.4 is 4.74 Å². The molecule has 0 N–H and O–H groups in total. The van der Waals surface area contributed by atoms with Gasteiger partial charge in [0, 0.05) is 51.4 Å². The number of amides is 2. The van der Waals surface area contributed by atoms with Crippen molar-refractivity contribution in [3.05, 3.63) is 29.8 Å². The number of piperazine rings is 1. The number of carbonyl (C=O) groups is 2. The first-order chi connectivity index (χ1) is 14.7. The minimum atomic E-state index is 0.000884. The first-order valence-corrected chi connectivity index (χ1v) is 10.9. The lowest BCUT2D eigenvalue weighted by Gasteiger charge is -2.36. The molecule has 164 valence electrons. The molecule has 0 spiro atoms. The molecule has 3 aliphatic rings. The fourth-order valence-corrected chi connectivity index (χ4v) is 4.05. The smallest absolute Gasteiger partial charge is 0.253 e. The first-order valence-electron chi connectivity index (χ1n) is 10.9. The molecule has 0 aliphatic carbocycles. The van der Waals surface area contributed by atoms with Crippen molar-refractivity contribution in [2.45, 2.75) is 18.9 Å². The second-order valence-corrected chi connectivity index (χ2v) is 8.03. The number of hydrogen-bond donors (Lipinski definition) is 0. The van der Waals surface area contributed by atoms with Crippen LogP contribution in [0.5, 0.6) is 5.75 Å². The van der Waals surface area contributed by atoms with Gasteiger partial charge in [0.2, 0.25) is 5.91 Å². The van der Waals surface area contributed by atoms with Crippen LogP contribution in [-0.4, -0.2) is 105 Å². The van der Waals surface area contributed by atoms with Crippen LogP contribution in [0, 0.1) is 0 Å². The molecule has 1 atom stereocenters. The van der Waals surface area contributed by atoms with Gasteiger partial charge in [0.15, 0.2) is 0 Å². The predicted octanol–water partition coefficient (Wildman–Crippen LogP) is 0.861. The Morgan fingerprint density at radius 2 is 1.63 bits per heavy atom. The van der Waals surface area contributed by atoms with Crippen LogP contribution in [0.15, 0.2) is 24.3 Å². The van der Waals surface area contributed by atoms with Crippen LogP contribution in [0.4, 0.5) is 0 Å². The van der Waals surface area contributed by atoms with Crippen LogP contribution in [0.3, 0.4) is 0 Å². The molecule has 0 bridgehead atoms. The Hall–Kier alpha value is -2.16. The number of hydrogen-bond acceptors (Lipinski definition) is 6. The lowest BCUT2D eigenvalue weighted by atomic mass is 10.1. The molecule has 3 aliphatic heterocycles. The van der Waals surface area contributed by atoms with Crippen molar-refractivity contribution in [1.29, 1.82) is 0 Å². The van der Waals surface area contributed by atoms with E-state index in [-0.39, 0.29) is 17.9 Å². The summed E-state index contributed by atoms with van der Waals surface area (Å²) in [5, 5.41) is 0. The molecule has 0 radical (unpaired) electrons. The number of ether oxygens (including phenoxy) is 3. The third-order valence-electron chi connectivity index (χ3n) is 5.94. The SMILES string of the molecule is O=C(CN1CCOCC1)N1CCN(C(=O)c2ccc(OCC3CCCO3)cc2)CC1. The zero-order valence-corrected chi connectivity index (χ0v) is 17.5. The molecule has 0 aromatic heterocycles. The van der Waals surface area contributed by atoms with E-state index < -0.39 is 0 Å². The van der Waals surface area contributed by atoms with E-state index in [9.17, 15) is 9.59 Å². The highest BCUT2D eigenvalue weighted by molar-refractivity contribution is 5.94. The lowest BCUT2D eigenvalue weighted by molar-refractivity contribution is -0.134. The molecule has 1 unspecified atom stereocenters. The molecule has 8 heteroatoms. The van der Waals surface area contributed by atoms with E-state index in [1.54, 1.807) is 0 Å². The molecule has 0 saturated carbocycles. The van der Waals surface area contributed by atoms with Gasteiger partial charge >= 0.3 is 0 Å². The molecule has 3 saturated heterocycles. The van der Waals surface area contributed by atoms with Gasteiger partial charge in [-0.3, -0.25) is 14.5 Å². The minimum absolute atomic E-state index is 0.000884. The van der Waals surface area contributed by atoms with Gasteiger partial charge in [0.25, 0.3) is 5.91 Å². The monoisotopic (exact) mass is 417 g/mol. The standard InChI is InChI=1S/C22H31N3O5/c26-21(16-23-11-14-28-15-12-23)24-7-9-25(10-8-24)22(27)18-3-5-19(6-4-18)30-17-20-2-1-13-29-20/h3-6,20H,1-2,7-17H2. The van der Waals surface area contributed by atoms with E-state index >= 15 is 0 Å². The highest BCUT2D eigenvalue weighted by Gasteiger charge is 2.26. The molecule has 1 aromatic carbocycles. The van der Waals surface area contributed by atoms with Crippen molar-refractivity contribution >= 4 is 11.8 Å². The Balaban J connectivity index is 1.22. The molecule has 3 fully saturated rings. The number of carbonyl (C=O) groups excluding carboxylic acids is 2. The van der Waals surface area contributed by atoms with Crippen molar-refractivity contribution < 1.29 is 23.8 Å². The highest BCUT2D eigenvalue weighted by Crippen LogP contribution is 2.18. The second kappa shape index (κ2) is 10.2. The Bertz CT molecular complexity index is 706. The number of nitrogens with zero attached hydrogens (tertiary/aromatic N) is 3.